The highest BCUT2D eigenvalue weighted by Crippen LogP contribution is 2.20. The predicted octanol–water partition coefficient (Wildman–Crippen LogP) is 3.63. The molecule has 3 rings (SSSR count). The van der Waals surface area contributed by atoms with E-state index in [1.54, 1.807) is 25.1 Å². The lowest BCUT2D eigenvalue weighted by Crippen LogP contribution is -2.34. The largest absolute Gasteiger partial charge is 0.352 e. The molecule has 0 aromatic heterocycles. The summed E-state index contributed by atoms with van der Waals surface area (Å²) in [5, 5.41) is 2.85. The molecule has 0 aliphatic carbocycles. The molecule has 1 fully saturated rings. The van der Waals surface area contributed by atoms with Crippen LogP contribution in [0.1, 0.15) is 53.6 Å². The Hall–Kier alpha value is -2.87. The van der Waals surface area contributed by atoms with Gasteiger partial charge in [0, 0.05) is 37.3 Å². The van der Waals surface area contributed by atoms with Crippen LogP contribution in [0.2, 0.25) is 0 Å². The number of hydrogen-bond acceptors (Lipinski definition) is 4. The van der Waals surface area contributed by atoms with Crippen LogP contribution in [-0.4, -0.2) is 44.8 Å². The van der Waals surface area contributed by atoms with Gasteiger partial charge in [0.05, 0.1) is 4.90 Å². The first-order valence-corrected chi connectivity index (χ1v) is 12.5. The molecule has 2 N–H and O–H groups in total. The second-order valence-electron chi connectivity index (χ2n) is 8.25. The zero-order valence-electron chi connectivity index (χ0n) is 18.7. The van der Waals surface area contributed by atoms with Crippen LogP contribution in [0.5, 0.6) is 0 Å². The van der Waals surface area contributed by atoms with Gasteiger partial charge in [-0.25, -0.2) is 8.42 Å². The third-order valence-corrected chi connectivity index (χ3v) is 7.01. The Morgan fingerprint density at radius 2 is 1.78 bits per heavy atom. The second-order valence-corrected chi connectivity index (χ2v) is 9.93. The van der Waals surface area contributed by atoms with E-state index in [9.17, 15) is 18.0 Å². The zero-order chi connectivity index (χ0) is 23.1. The maximum Gasteiger partial charge on any atom is 0.261 e. The summed E-state index contributed by atoms with van der Waals surface area (Å²) in [5.74, 6) is -0.138. The highest BCUT2D eigenvalue weighted by Gasteiger charge is 2.19. The van der Waals surface area contributed by atoms with Crippen LogP contribution in [-0.2, 0) is 14.8 Å². The molecule has 7 nitrogen and oxygen atoms in total. The molecular formula is C24H31N3O4S. The highest BCUT2D eigenvalue weighted by atomic mass is 32.2. The fraction of sp³-hybridized carbons (Fsp3) is 0.417. The highest BCUT2D eigenvalue weighted by molar-refractivity contribution is 7.92. The number of rotatable bonds is 8. The lowest BCUT2D eigenvalue weighted by atomic mass is 10.1. The fourth-order valence-electron chi connectivity index (χ4n) is 3.69. The van der Waals surface area contributed by atoms with Crippen molar-refractivity contribution in [3.8, 4) is 0 Å². The van der Waals surface area contributed by atoms with E-state index in [1.165, 1.54) is 12.1 Å². The van der Waals surface area contributed by atoms with Gasteiger partial charge in [-0.05, 0) is 62.9 Å². The van der Waals surface area contributed by atoms with Crippen molar-refractivity contribution in [2.45, 2.75) is 50.8 Å². The molecule has 0 saturated carbocycles. The summed E-state index contributed by atoms with van der Waals surface area (Å²) in [6.07, 6.45) is 4.31. The van der Waals surface area contributed by atoms with Crippen LogP contribution in [0, 0.1) is 13.8 Å². The Morgan fingerprint density at radius 3 is 2.53 bits per heavy atom. The van der Waals surface area contributed by atoms with Crippen LogP contribution in [0.15, 0.2) is 47.4 Å². The van der Waals surface area contributed by atoms with Crippen LogP contribution >= 0.6 is 0 Å². The molecule has 32 heavy (non-hydrogen) atoms. The third kappa shape index (κ3) is 6.32. The number of nitrogens with zero attached hydrogens (tertiary/aromatic N) is 1. The van der Waals surface area contributed by atoms with E-state index < -0.39 is 10.0 Å². The average Bonchev–Trinajstić information content (AvgIpc) is 2.96. The SMILES string of the molecule is Cc1ccc(NS(=O)(=O)c2ccc(C)c(C(=O)NCCCN3CCCCCC3=O)c2)cc1. The molecule has 0 spiro atoms. The van der Waals surface area contributed by atoms with E-state index >= 15 is 0 Å². The smallest absolute Gasteiger partial charge is 0.261 e. The molecule has 0 atom stereocenters. The number of sulfonamides is 1. The monoisotopic (exact) mass is 457 g/mol. The van der Waals surface area contributed by atoms with E-state index in [1.807, 2.05) is 24.0 Å². The van der Waals surface area contributed by atoms with Gasteiger partial charge >= 0.3 is 0 Å². The minimum absolute atomic E-state index is 0.0315. The molecule has 8 heteroatoms. The number of benzene rings is 2. The Bertz CT molecular complexity index is 1070. The van der Waals surface area contributed by atoms with Crippen molar-refractivity contribution in [2.24, 2.45) is 0 Å². The van der Waals surface area contributed by atoms with E-state index in [2.05, 4.69) is 10.0 Å². The van der Waals surface area contributed by atoms with Gasteiger partial charge in [0.2, 0.25) is 5.91 Å². The zero-order valence-corrected chi connectivity index (χ0v) is 19.5. The van der Waals surface area contributed by atoms with Gasteiger partial charge in [0.1, 0.15) is 0 Å². The summed E-state index contributed by atoms with van der Waals surface area (Å²) in [7, 11) is -3.82. The number of hydrogen-bond donors (Lipinski definition) is 2. The van der Waals surface area contributed by atoms with Crippen molar-refractivity contribution in [2.75, 3.05) is 24.4 Å². The quantitative estimate of drug-likeness (QED) is 0.592. The van der Waals surface area contributed by atoms with E-state index in [0.29, 0.717) is 42.7 Å². The number of anilines is 1. The number of carbonyl (C=O) groups is 2. The summed E-state index contributed by atoms with van der Waals surface area (Å²) < 4.78 is 28.1. The molecule has 1 saturated heterocycles. The minimum atomic E-state index is -3.82. The molecule has 1 heterocycles. The molecule has 0 radical (unpaired) electrons. The van der Waals surface area contributed by atoms with Crippen molar-refractivity contribution in [1.29, 1.82) is 0 Å². The van der Waals surface area contributed by atoms with E-state index in [4.69, 9.17) is 0 Å². The molecule has 2 amide bonds. The van der Waals surface area contributed by atoms with Crippen LogP contribution in [0.4, 0.5) is 5.69 Å². The second kappa shape index (κ2) is 10.6. The van der Waals surface area contributed by atoms with Crippen molar-refractivity contribution >= 4 is 27.5 Å². The lowest BCUT2D eigenvalue weighted by molar-refractivity contribution is -0.130. The van der Waals surface area contributed by atoms with Crippen LogP contribution in [0.3, 0.4) is 0 Å². The number of carbonyl (C=O) groups excluding carboxylic acids is 2. The van der Waals surface area contributed by atoms with Crippen LogP contribution in [0.25, 0.3) is 0 Å². The Kier molecular flexibility index (Phi) is 7.90. The molecule has 1 aliphatic heterocycles. The number of amides is 2. The normalized spacial score (nSPS) is 14.7. The predicted molar refractivity (Wildman–Crippen MR) is 125 cm³/mol. The topological polar surface area (TPSA) is 95.6 Å². The van der Waals surface area contributed by atoms with Gasteiger partial charge < -0.3 is 10.2 Å². The maximum absolute atomic E-state index is 12.8. The van der Waals surface area contributed by atoms with Crippen LogP contribution < -0.4 is 10.0 Å². The first-order valence-electron chi connectivity index (χ1n) is 11.0. The molecule has 0 bridgehead atoms. The van der Waals surface area contributed by atoms with Gasteiger partial charge in [0.25, 0.3) is 15.9 Å². The Labute approximate surface area is 190 Å². The first-order chi connectivity index (χ1) is 15.3. The van der Waals surface area contributed by atoms with E-state index in [0.717, 1.165) is 31.4 Å². The summed E-state index contributed by atoms with van der Waals surface area (Å²) in [5.41, 5.74) is 2.51. The van der Waals surface area contributed by atoms with Gasteiger partial charge in [-0.2, -0.15) is 0 Å². The van der Waals surface area contributed by atoms with Gasteiger partial charge in [-0.15, -0.1) is 0 Å². The van der Waals surface area contributed by atoms with Gasteiger partial charge in [0.15, 0.2) is 0 Å². The van der Waals surface area contributed by atoms with Crippen molar-refractivity contribution in [3.63, 3.8) is 0 Å². The Morgan fingerprint density at radius 1 is 1.03 bits per heavy atom. The van der Waals surface area contributed by atoms with Gasteiger partial charge in [-0.1, -0.05) is 30.2 Å². The van der Waals surface area contributed by atoms with E-state index in [-0.39, 0.29) is 16.7 Å². The number of nitrogens with one attached hydrogen (secondary N) is 2. The molecule has 172 valence electrons. The summed E-state index contributed by atoms with van der Waals surface area (Å²) >= 11 is 0. The number of likely N-dealkylation sites (tertiary alicyclic amines) is 1. The molecular weight excluding hydrogens is 426 g/mol. The summed E-state index contributed by atoms with van der Waals surface area (Å²) in [6.45, 7) is 5.51. The van der Waals surface area contributed by atoms with Crippen molar-refractivity contribution < 1.29 is 18.0 Å². The summed E-state index contributed by atoms with van der Waals surface area (Å²) in [6, 6.07) is 11.6. The average molecular weight is 458 g/mol. The first kappa shape index (κ1) is 23.8. The van der Waals surface area contributed by atoms with Gasteiger partial charge in [-0.3, -0.25) is 14.3 Å². The third-order valence-electron chi connectivity index (χ3n) is 5.63. The number of aryl methyl sites for hydroxylation is 2. The summed E-state index contributed by atoms with van der Waals surface area (Å²) in [4.78, 5) is 26.7. The lowest BCUT2D eigenvalue weighted by Gasteiger charge is -2.20. The molecule has 1 aliphatic rings. The van der Waals surface area contributed by atoms with Crippen molar-refractivity contribution in [3.05, 3.63) is 59.2 Å². The maximum atomic E-state index is 12.8. The molecule has 2 aromatic rings. The fourth-order valence-corrected chi connectivity index (χ4v) is 4.78. The molecule has 0 unspecified atom stereocenters. The minimum Gasteiger partial charge on any atom is -0.352 e. The standard InChI is InChI=1S/C24H31N3O4S/c1-18-8-11-20(12-9-18)26-32(30,31)21-13-10-19(2)22(17-21)24(29)25-14-6-16-27-15-5-3-4-7-23(27)28/h8-13,17,26H,3-7,14-16H2,1-2H3,(H,25,29). The Balaban J connectivity index is 1.61. The van der Waals surface area contributed by atoms with Crippen molar-refractivity contribution in [1.82, 2.24) is 10.2 Å². The molecule has 2 aromatic carbocycles.